The van der Waals surface area contributed by atoms with Gasteiger partial charge in [-0.3, -0.25) is 4.90 Å². The third kappa shape index (κ3) is 2.93. The molecule has 0 atom stereocenters. The van der Waals surface area contributed by atoms with Crippen LogP contribution in [-0.4, -0.2) is 11.4 Å². The van der Waals surface area contributed by atoms with Crippen molar-refractivity contribution >= 4 is 28.9 Å². The van der Waals surface area contributed by atoms with Crippen LogP contribution in [0.1, 0.15) is 16.7 Å². The summed E-state index contributed by atoms with van der Waals surface area (Å²) in [6, 6.07) is 11.9. The molecule has 1 aliphatic rings. The molecule has 0 bridgehead atoms. The molecule has 3 rings (SSSR count). The Morgan fingerprint density at radius 2 is 1.80 bits per heavy atom. The Morgan fingerprint density at radius 1 is 1.00 bits per heavy atom. The van der Waals surface area contributed by atoms with Crippen LogP contribution in [0.4, 0.5) is 5.69 Å². The predicted molar refractivity (Wildman–Crippen MR) is 85.1 cm³/mol. The van der Waals surface area contributed by atoms with Crippen LogP contribution in [0.25, 0.3) is 0 Å². The number of halogens is 2. The summed E-state index contributed by atoms with van der Waals surface area (Å²) < 4.78 is 0. The molecule has 20 heavy (non-hydrogen) atoms. The molecular formula is C16H16Cl2N2. The maximum absolute atomic E-state index is 6.21. The fourth-order valence-electron chi connectivity index (χ4n) is 2.65. The fraction of sp³-hybridized carbons (Fsp3) is 0.250. The van der Waals surface area contributed by atoms with Crippen LogP contribution in [0.15, 0.2) is 36.4 Å². The van der Waals surface area contributed by atoms with Crippen LogP contribution in [0, 0.1) is 0 Å². The topological polar surface area (TPSA) is 29.3 Å². The standard InChI is InChI=1S/C16H16Cl2N2/c17-14-3-1-11(16(18)8-14)5-6-20-9-12-2-4-15(19)7-13(12)10-20/h1-4,7-8H,5-6,9-10,19H2. The van der Waals surface area contributed by atoms with Gasteiger partial charge in [0.25, 0.3) is 0 Å². The lowest BCUT2D eigenvalue weighted by Gasteiger charge is -2.15. The zero-order valence-corrected chi connectivity index (χ0v) is 12.6. The summed E-state index contributed by atoms with van der Waals surface area (Å²) in [5.74, 6) is 0. The van der Waals surface area contributed by atoms with E-state index in [-0.39, 0.29) is 0 Å². The predicted octanol–water partition coefficient (Wildman–Crippen LogP) is 4.13. The van der Waals surface area contributed by atoms with Crippen molar-refractivity contribution < 1.29 is 0 Å². The van der Waals surface area contributed by atoms with Gasteiger partial charge >= 0.3 is 0 Å². The number of hydrogen-bond acceptors (Lipinski definition) is 2. The molecule has 0 aromatic heterocycles. The smallest absolute Gasteiger partial charge is 0.0453 e. The van der Waals surface area contributed by atoms with Crippen LogP contribution < -0.4 is 5.73 Å². The van der Waals surface area contributed by atoms with Gasteiger partial charge in [-0.05, 0) is 47.4 Å². The highest BCUT2D eigenvalue weighted by Gasteiger charge is 2.18. The Bertz CT molecular complexity index is 640. The molecule has 0 saturated carbocycles. The van der Waals surface area contributed by atoms with E-state index in [1.54, 1.807) is 6.07 Å². The van der Waals surface area contributed by atoms with E-state index >= 15 is 0 Å². The van der Waals surface area contributed by atoms with Gasteiger partial charge in [0.1, 0.15) is 0 Å². The van der Waals surface area contributed by atoms with Gasteiger partial charge in [-0.2, -0.15) is 0 Å². The summed E-state index contributed by atoms with van der Waals surface area (Å²) in [5.41, 5.74) is 10.5. The second-order valence-corrected chi connectivity index (χ2v) is 6.07. The van der Waals surface area contributed by atoms with Crippen molar-refractivity contribution in [2.75, 3.05) is 12.3 Å². The van der Waals surface area contributed by atoms with E-state index in [0.717, 1.165) is 42.3 Å². The van der Waals surface area contributed by atoms with Gasteiger partial charge in [-0.25, -0.2) is 0 Å². The zero-order chi connectivity index (χ0) is 14.1. The lowest BCUT2D eigenvalue weighted by atomic mass is 10.1. The number of nitrogen functional groups attached to an aromatic ring is 1. The maximum atomic E-state index is 6.21. The number of nitrogens with two attached hydrogens (primary N) is 1. The lowest BCUT2D eigenvalue weighted by molar-refractivity contribution is 0.288. The molecule has 2 aromatic rings. The van der Waals surface area contributed by atoms with Crippen LogP contribution >= 0.6 is 23.2 Å². The van der Waals surface area contributed by atoms with Gasteiger partial charge in [0.15, 0.2) is 0 Å². The van der Waals surface area contributed by atoms with E-state index in [9.17, 15) is 0 Å². The molecule has 0 saturated heterocycles. The highest BCUT2D eigenvalue weighted by Crippen LogP contribution is 2.26. The Hall–Kier alpha value is -1.22. The summed E-state index contributed by atoms with van der Waals surface area (Å²) in [6.07, 6.45) is 0.930. The third-order valence-corrected chi connectivity index (χ3v) is 4.32. The minimum atomic E-state index is 0.683. The van der Waals surface area contributed by atoms with Crippen molar-refractivity contribution in [1.82, 2.24) is 4.90 Å². The van der Waals surface area contributed by atoms with Crippen molar-refractivity contribution in [2.45, 2.75) is 19.5 Å². The molecule has 0 aliphatic carbocycles. The van der Waals surface area contributed by atoms with Crippen LogP contribution in [0.5, 0.6) is 0 Å². The first-order valence-corrected chi connectivity index (χ1v) is 7.41. The molecule has 2 N–H and O–H groups in total. The molecule has 2 nitrogen and oxygen atoms in total. The minimum Gasteiger partial charge on any atom is -0.399 e. The maximum Gasteiger partial charge on any atom is 0.0453 e. The summed E-state index contributed by atoms with van der Waals surface area (Å²) >= 11 is 12.1. The normalized spacial score (nSPS) is 14.5. The average molecular weight is 307 g/mol. The molecular weight excluding hydrogens is 291 g/mol. The fourth-order valence-corrected chi connectivity index (χ4v) is 3.15. The van der Waals surface area contributed by atoms with Gasteiger partial charge < -0.3 is 5.73 Å². The van der Waals surface area contributed by atoms with E-state index in [0.29, 0.717) is 5.02 Å². The lowest BCUT2D eigenvalue weighted by Crippen LogP contribution is -2.19. The number of fused-ring (bicyclic) bond motifs is 1. The Labute approximate surface area is 129 Å². The highest BCUT2D eigenvalue weighted by molar-refractivity contribution is 6.35. The molecule has 0 amide bonds. The van der Waals surface area contributed by atoms with Crippen molar-refractivity contribution in [3.05, 3.63) is 63.1 Å². The number of benzene rings is 2. The van der Waals surface area contributed by atoms with Crippen LogP contribution in [-0.2, 0) is 19.5 Å². The second kappa shape index (κ2) is 5.65. The monoisotopic (exact) mass is 306 g/mol. The molecule has 2 aromatic carbocycles. The van der Waals surface area contributed by atoms with E-state index < -0.39 is 0 Å². The first-order valence-electron chi connectivity index (χ1n) is 6.65. The number of hydrogen-bond donors (Lipinski definition) is 1. The van der Waals surface area contributed by atoms with Gasteiger partial charge in [0, 0.05) is 35.4 Å². The first-order chi connectivity index (χ1) is 9.61. The van der Waals surface area contributed by atoms with Gasteiger partial charge in [-0.15, -0.1) is 0 Å². The zero-order valence-electron chi connectivity index (χ0n) is 11.1. The van der Waals surface area contributed by atoms with Gasteiger partial charge in [0.05, 0.1) is 0 Å². The molecule has 0 unspecified atom stereocenters. The molecule has 104 valence electrons. The molecule has 0 fully saturated rings. The number of rotatable bonds is 3. The molecule has 1 heterocycles. The number of anilines is 1. The quantitative estimate of drug-likeness (QED) is 0.864. The van der Waals surface area contributed by atoms with Crippen molar-refractivity contribution in [3.8, 4) is 0 Å². The van der Waals surface area contributed by atoms with E-state index in [1.165, 1.54) is 11.1 Å². The second-order valence-electron chi connectivity index (χ2n) is 5.22. The summed E-state index contributed by atoms with van der Waals surface area (Å²) in [5, 5.41) is 1.43. The van der Waals surface area contributed by atoms with E-state index in [2.05, 4.69) is 17.0 Å². The van der Waals surface area contributed by atoms with Gasteiger partial charge in [0.2, 0.25) is 0 Å². The largest absolute Gasteiger partial charge is 0.399 e. The number of nitrogens with zero attached hydrogens (tertiary/aromatic N) is 1. The Morgan fingerprint density at radius 3 is 2.60 bits per heavy atom. The van der Waals surface area contributed by atoms with Crippen molar-refractivity contribution in [1.29, 1.82) is 0 Å². The van der Waals surface area contributed by atoms with E-state index in [4.69, 9.17) is 28.9 Å². The molecule has 0 radical (unpaired) electrons. The van der Waals surface area contributed by atoms with Crippen LogP contribution in [0.2, 0.25) is 10.0 Å². The molecule has 4 heteroatoms. The Balaban J connectivity index is 1.63. The average Bonchev–Trinajstić information content (AvgIpc) is 2.79. The minimum absolute atomic E-state index is 0.683. The summed E-state index contributed by atoms with van der Waals surface area (Å²) in [4.78, 5) is 2.41. The van der Waals surface area contributed by atoms with Crippen LogP contribution in [0.3, 0.4) is 0 Å². The van der Waals surface area contributed by atoms with E-state index in [1.807, 2.05) is 18.2 Å². The van der Waals surface area contributed by atoms with Gasteiger partial charge in [-0.1, -0.05) is 35.3 Å². The van der Waals surface area contributed by atoms with Crippen molar-refractivity contribution in [3.63, 3.8) is 0 Å². The summed E-state index contributed by atoms with van der Waals surface area (Å²) in [6.45, 7) is 2.93. The summed E-state index contributed by atoms with van der Waals surface area (Å²) in [7, 11) is 0. The highest BCUT2D eigenvalue weighted by atomic mass is 35.5. The molecule has 1 aliphatic heterocycles. The third-order valence-electron chi connectivity index (χ3n) is 3.73. The Kier molecular flexibility index (Phi) is 3.88. The van der Waals surface area contributed by atoms with Crippen molar-refractivity contribution in [2.24, 2.45) is 0 Å². The SMILES string of the molecule is Nc1ccc2c(c1)CN(CCc1ccc(Cl)cc1Cl)C2. The molecule has 0 spiro atoms. The first kappa shape index (κ1) is 13.7.